The van der Waals surface area contributed by atoms with Crippen LogP contribution in [-0.2, 0) is 9.53 Å². The fourth-order valence-corrected chi connectivity index (χ4v) is 2.73. The molecular formula is C15H17N3O3S. The van der Waals surface area contributed by atoms with Crippen LogP contribution < -0.4 is 11.1 Å². The molecule has 3 N–H and O–H groups in total. The lowest BCUT2D eigenvalue weighted by molar-refractivity contribution is -0.119. The van der Waals surface area contributed by atoms with Gasteiger partial charge in [0, 0.05) is 5.69 Å². The van der Waals surface area contributed by atoms with E-state index >= 15 is 0 Å². The lowest BCUT2D eigenvalue weighted by Gasteiger charge is -2.08. The maximum atomic E-state index is 11.9. The summed E-state index contributed by atoms with van der Waals surface area (Å²) in [5.74, 6) is -1.04. The fraction of sp³-hybridized carbons (Fsp3) is 0.267. The van der Waals surface area contributed by atoms with Crippen molar-refractivity contribution in [1.29, 1.82) is 0 Å². The quantitative estimate of drug-likeness (QED) is 0.844. The first-order valence-electron chi connectivity index (χ1n) is 6.64. The van der Waals surface area contributed by atoms with Gasteiger partial charge in [0.05, 0.1) is 5.69 Å². The topological polar surface area (TPSA) is 94.3 Å². The van der Waals surface area contributed by atoms with Gasteiger partial charge in [0.2, 0.25) is 0 Å². The molecule has 2 rings (SSSR count). The molecule has 0 bridgehead atoms. The molecule has 6 nitrogen and oxygen atoms in total. The van der Waals surface area contributed by atoms with E-state index in [0.29, 0.717) is 11.4 Å². The lowest BCUT2D eigenvalue weighted by atomic mass is 10.1. The van der Waals surface area contributed by atoms with Gasteiger partial charge in [-0.3, -0.25) is 4.79 Å². The monoisotopic (exact) mass is 319 g/mol. The van der Waals surface area contributed by atoms with Crippen molar-refractivity contribution >= 4 is 34.1 Å². The molecule has 0 unspecified atom stereocenters. The Bertz CT molecular complexity index is 685. The van der Waals surface area contributed by atoms with Crippen LogP contribution in [0.5, 0.6) is 0 Å². The minimum absolute atomic E-state index is 0.226. The largest absolute Gasteiger partial charge is 0.452 e. The van der Waals surface area contributed by atoms with Crippen LogP contribution in [0.25, 0.3) is 0 Å². The summed E-state index contributed by atoms with van der Waals surface area (Å²) in [6.07, 6.45) is 0. The first-order valence-corrected chi connectivity index (χ1v) is 7.41. The summed E-state index contributed by atoms with van der Waals surface area (Å²) in [5.41, 5.74) is 9.14. The average molecular weight is 319 g/mol. The van der Waals surface area contributed by atoms with Crippen molar-refractivity contribution < 1.29 is 14.3 Å². The zero-order chi connectivity index (χ0) is 16.3. The third-order valence-electron chi connectivity index (χ3n) is 2.93. The smallest absolute Gasteiger partial charge is 0.343 e. The molecule has 0 saturated heterocycles. The van der Waals surface area contributed by atoms with Crippen LogP contribution in [0.1, 0.15) is 27.2 Å². The van der Waals surface area contributed by atoms with E-state index < -0.39 is 11.9 Å². The first kappa shape index (κ1) is 16.0. The summed E-state index contributed by atoms with van der Waals surface area (Å²) in [6, 6.07) is 5.69. The molecule has 1 amide bonds. The number of rotatable bonds is 4. The van der Waals surface area contributed by atoms with Gasteiger partial charge in [-0.05, 0) is 55.6 Å². The predicted octanol–water partition coefficient (Wildman–Crippen LogP) is 2.45. The summed E-state index contributed by atoms with van der Waals surface area (Å²) < 4.78 is 8.95. The number of nitrogens with zero attached hydrogens (tertiary/aromatic N) is 1. The van der Waals surface area contributed by atoms with Crippen LogP contribution >= 0.6 is 11.5 Å². The Morgan fingerprint density at radius 1 is 1.23 bits per heavy atom. The first-order chi connectivity index (χ1) is 10.4. The number of aromatic nitrogens is 1. The molecule has 0 aliphatic carbocycles. The second kappa shape index (κ2) is 6.57. The van der Waals surface area contributed by atoms with Gasteiger partial charge >= 0.3 is 5.97 Å². The highest BCUT2D eigenvalue weighted by Crippen LogP contribution is 2.21. The van der Waals surface area contributed by atoms with Crippen molar-refractivity contribution in [2.75, 3.05) is 17.7 Å². The summed E-state index contributed by atoms with van der Waals surface area (Å²) in [5, 5.41) is 2.98. The number of carbonyl (C=O) groups is 2. The molecule has 0 atom stereocenters. The van der Waals surface area contributed by atoms with Gasteiger partial charge < -0.3 is 15.8 Å². The van der Waals surface area contributed by atoms with Crippen LogP contribution in [0.2, 0.25) is 0 Å². The van der Waals surface area contributed by atoms with Crippen molar-refractivity contribution in [2.24, 2.45) is 0 Å². The molecule has 0 fully saturated rings. The zero-order valence-corrected chi connectivity index (χ0v) is 13.4. The number of hydrogen-bond acceptors (Lipinski definition) is 6. The maximum Gasteiger partial charge on any atom is 0.343 e. The number of nitrogens with one attached hydrogen (secondary N) is 1. The standard InChI is InChI=1S/C15H17N3O3S/c1-8-4-9(2)6-11(5-8)17-12(19)7-21-15(20)13-10(3)18-22-14(13)16/h4-6H,7,16H2,1-3H3,(H,17,19). The van der Waals surface area contributed by atoms with Crippen molar-refractivity contribution in [3.8, 4) is 0 Å². The number of aryl methyl sites for hydroxylation is 3. The maximum absolute atomic E-state index is 11.9. The molecule has 1 heterocycles. The van der Waals surface area contributed by atoms with E-state index in [1.165, 1.54) is 0 Å². The summed E-state index contributed by atoms with van der Waals surface area (Å²) in [4.78, 5) is 23.7. The summed E-state index contributed by atoms with van der Waals surface area (Å²) >= 11 is 1.03. The lowest BCUT2D eigenvalue weighted by Crippen LogP contribution is -2.21. The number of nitrogens with two attached hydrogens (primary N) is 1. The van der Waals surface area contributed by atoms with E-state index in [1.54, 1.807) is 6.92 Å². The Morgan fingerprint density at radius 2 is 1.86 bits per heavy atom. The van der Waals surface area contributed by atoms with E-state index in [4.69, 9.17) is 10.5 Å². The van der Waals surface area contributed by atoms with Crippen molar-refractivity contribution in [3.05, 3.63) is 40.6 Å². The Hall–Kier alpha value is -2.41. The van der Waals surface area contributed by atoms with E-state index in [2.05, 4.69) is 9.69 Å². The fourth-order valence-electron chi connectivity index (χ4n) is 2.08. The molecule has 7 heteroatoms. The number of amides is 1. The number of hydrogen-bond donors (Lipinski definition) is 2. The number of carbonyl (C=O) groups excluding carboxylic acids is 2. The van der Waals surface area contributed by atoms with E-state index in [-0.39, 0.29) is 17.2 Å². The van der Waals surface area contributed by atoms with Gasteiger partial charge in [-0.2, -0.15) is 4.37 Å². The Kier molecular flexibility index (Phi) is 4.77. The van der Waals surface area contributed by atoms with Crippen LogP contribution in [-0.4, -0.2) is 22.9 Å². The van der Waals surface area contributed by atoms with Crippen molar-refractivity contribution in [1.82, 2.24) is 4.37 Å². The normalized spacial score (nSPS) is 10.3. The highest BCUT2D eigenvalue weighted by molar-refractivity contribution is 7.10. The molecule has 2 aromatic rings. The molecule has 22 heavy (non-hydrogen) atoms. The van der Waals surface area contributed by atoms with E-state index in [9.17, 15) is 9.59 Å². The van der Waals surface area contributed by atoms with Gasteiger partial charge in [-0.25, -0.2) is 4.79 Å². The molecule has 0 aliphatic heterocycles. The minimum Gasteiger partial charge on any atom is -0.452 e. The molecule has 116 valence electrons. The Morgan fingerprint density at radius 3 is 2.41 bits per heavy atom. The second-order valence-electron chi connectivity index (χ2n) is 5.01. The highest BCUT2D eigenvalue weighted by atomic mass is 32.1. The number of anilines is 2. The molecule has 1 aromatic heterocycles. The Labute approximate surface area is 132 Å². The zero-order valence-electron chi connectivity index (χ0n) is 12.6. The van der Waals surface area contributed by atoms with Gasteiger partial charge in [-0.15, -0.1) is 0 Å². The third kappa shape index (κ3) is 3.82. The molecule has 1 aromatic carbocycles. The minimum atomic E-state index is -0.640. The van der Waals surface area contributed by atoms with Crippen molar-refractivity contribution in [3.63, 3.8) is 0 Å². The van der Waals surface area contributed by atoms with Gasteiger partial charge in [0.1, 0.15) is 10.6 Å². The number of esters is 1. The van der Waals surface area contributed by atoms with Crippen LogP contribution in [0.15, 0.2) is 18.2 Å². The molecule has 0 spiro atoms. The molecule has 0 aliphatic rings. The number of benzene rings is 1. The van der Waals surface area contributed by atoms with Gasteiger partial charge in [0.25, 0.3) is 5.91 Å². The van der Waals surface area contributed by atoms with Crippen LogP contribution in [0, 0.1) is 20.8 Å². The number of nitrogen functional groups attached to an aromatic ring is 1. The predicted molar refractivity (Wildman–Crippen MR) is 86.1 cm³/mol. The van der Waals surface area contributed by atoms with E-state index in [0.717, 1.165) is 22.7 Å². The highest BCUT2D eigenvalue weighted by Gasteiger charge is 2.19. The molecular weight excluding hydrogens is 302 g/mol. The molecule has 0 saturated carbocycles. The van der Waals surface area contributed by atoms with Crippen LogP contribution in [0.3, 0.4) is 0 Å². The summed E-state index contributed by atoms with van der Waals surface area (Å²) in [7, 11) is 0. The van der Waals surface area contributed by atoms with Gasteiger partial charge in [-0.1, -0.05) is 6.07 Å². The third-order valence-corrected chi connectivity index (χ3v) is 3.70. The Balaban J connectivity index is 1.94. The average Bonchev–Trinajstić information content (AvgIpc) is 2.74. The molecule has 0 radical (unpaired) electrons. The van der Waals surface area contributed by atoms with Crippen molar-refractivity contribution in [2.45, 2.75) is 20.8 Å². The van der Waals surface area contributed by atoms with E-state index in [1.807, 2.05) is 32.0 Å². The summed E-state index contributed by atoms with van der Waals surface area (Å²) in [6.45, 7) is 5.18. The SMILES string of the molecule is Cc1cc(C)cc(NC(=O)COC(=O)c2c(C)nsc2N)c1. The second-order valence-corrected chi connectivity index (χ2v) is 5.81. The number of ether oxygens (including phenoxy) is 1. The van der Waals surface area contributed by atoms with Gasteiger partial charge in [0.15, 0.2) is 6.61 Å². The van der Waals surface area contributed by atoms with Crippen LogP contribution in [0.4, 0.5) is 10.7 Å².